The van der Waals surface area contributed by atoms with Gasteiger partial charge in [-0.15, -0.1) is 0 Å². The van der Waals surface area contributed by atoms with Crippen molar-refractivity contribution in [1.82, 2.24) is 0 Å². The van der Waals surface area contributed by atoms with Crippen molar-refractivity contribution in [3.63, 3.8) is 0 Å². The lowest BCUT2D eigenvalue weighted by Gasteiger charge is -2.62. The van der Waals surface area contributed by atoms with Gasteiger partial charge in [0.25, 0.3) is 0 Å². The van der Waals surface area contributed by atoms with Crippen LogP contribution >= 0.6 is 35.7 Å². The van der Waals surface area contributed by atoms with Crippen molar-refractivity contribution in [2.75, 3.05) is 12.5 Å². The highest BCUT2D eigenvalue weighted by atomic mass is 32.2. The fourth-order valence-electron chi connectivity index (χ4n) is 9.85. The van der Waals surface area contributed by atoms with E-state index in [1.165, 1.54) is 68.5 Å². The molecular formula is C31H52O3S3. The number of carbonyl (C=O) groups excluding carboxylic acids is 1. The SMILES string of the molecule is CSC(=O)O[C@@H]1C[C@@H]2[C@H](CC[C@]3(C)[C@@H]([C@H](C)CCCC(C)C)CC[C@@H]23)[C@@]2(C)CC[C@H](OC(=S)SC)C[C@H]12. The van der Waals surface area contributed by atoms with Gasteiger partial charge in [-0.3, -0.25) is 0 Å². The molecule has 0 unspecified atom stereocenters. The smallest absolute Gasteiger partial charge is 0.367 e. The molecule has 0 aromatic rings. The molecule has 0 saturated heterocycles. The molecule has 0 N–H and O–H groups in total. The van der Waals surface area contributed by atoms with E-state index in [0.717, 1.165) is 55.3 Å². The van der Waals surface area contributed by atoms with Crippen LogP contribution in [0.5, 0.6) is 0 Å². The van der Waals surface area contributed by atoms with Gasteiger partial charge in [0.15, 0.2) is 0 Å². The van der Waals surface area contributed by atoms with Gasteiger partial charge in [0.1, 0.15) is 12.2 Å². The first-order valence-corrected chi connectivity index (χ1v) is 17.9. The van der Waals surface area contributed by atoms with Gasteiger partial charge in [0.2, 0.25) is 4.38 Å². The van der Waals surface area contributed by atoms with Crippen LogP contribution in [0.3, 0.4) is 0 Å². The Bertz CT molecular complexity index is 818. The molecule has 3 nitrogen and oxygen atoms in total. The van der Waals surface area contributed by atoms with Gasteiger partial charge in [-0.1, -0.05) is 65.6 Å². The van der Waals surface area contributed by atoms with Crippen molar-refractivity contribution in [1.29, 1.82) is 0 Å². The fourth-order valence-corrected chi connectivity index (χ4v) is 10.4. The van der Waals surface area contributed by atoms with E-state index in [4.69, 9.17) is 21.7 Å². The van der Waals surface area contributed by atoms with E-state index in [1.807, 2.05) is 12.5 Å². The number of fused-ring (bicyclic) bond motifs is 5. The number of thiocarbonyl (C=S) groups is 1. The number of ether oxygens (including phenoxy) is 2. The molecule has 6 heteroatoms. The van der Waals surface area contributed by atoms with Crippen molar-refractivity contribution >= 4 is 45.4 Å². The average molecular weight is 569 g/mol. The molecular weight excluding hydrogens is 517 g/mol. The Labute approximate surface area is 241 Å². The van der Waals surface area contributed by atoms with Crippen LogP contribution in [0.4, 0.5) is 4.79 Å². The maximum atomic E-state index is 12.6. The summed E-state index contributed by atoms with van der Waals surface area (Å²) in [5.74, 6) is 5.03. The zero-order valence-electron chi connectivity index (χ0n) is 24.4. The standard InChI is InChI=1S/C31H52O3S3/c1-19(2)9-8-10-20(3)23-11-12-24-22-18-27(34-28(32)36-6)26-17-21(33-29(35)37-7)13-15-31(26,5)25(22)14-16-30(23,24)4/h19-27H,8-18H2,1-7H3/t20-,21+,22+,23-,24+,25+,26-,27-,30-,31-/m1/s1. The third kappa shape index (κ3) is 6.06. The minimum atomic E-state index is -0.116. The van der Waals surface area contributed by atoms with Gasteiger partial charge < -0.3 is 9.47 Å². The lowest BCUT2D eigenvalue weighted by Crippen LogP contribution is -2.59. The zero-order chi connectivity index (χ0) is 27.0. The molecule has 4 saturated carbocycles. The predicted molar refractivity (Wildman–Crippen MR) is 163 cm³/mol. The van der Waals surface area contributed by atoms with Crippen LogP contribution in [0, 0.1) is 52.3 Å². The molecule has 4 rings (SSSR count). The monoisotopic (exact) mass is 568 g/mol. The molecule has 0 aromatic carbocycles. The Hall–Kier alpha value is 0.0600. The fraction of sp³-hybridized carbons (Fsp3) is 0.935. The molecule has 0 heterocycles. The van der Waals surface area contributed by atoms with Gasteiger partial charge in [0, 0.05) is 5.92 Å². The Morgan fingerprint density at radius 1 is 0.892 bits per heavy atom. The summed E-state index contributed by atoms with van der Waals surface area (Å²) in [6.07, 6.45) is 17.8. The molecule has 0 amide bonds. The highest BCUT2D eigenvalue weighted by Gasteiger charge is 2.63. The topological polar surface area (TPSA) is 35.5 Å². The molecule has 0 aromatic heterocycles. The average Bonchev–Trinajstić information content (AvgIpc) is 3.21. The zero-order valence-corrected chi connectivity index (χ0v) is 26.9. The number of hydrogen-bond acceptors (Lipinski definition) is 6. The highest BCUT2D eigenvalue weighted by molar-refractivity contribution is 8.22. The van der Waals surface area contributed by atoms with Gasteiger partial charge in [-0.25, -0.2) is 4.79 Å². The first kappa shape index (κ1) is 30.0. The number of carbonyl (C=O) groups is 1. The highest BCUT2D eigenvalue weighted by Crippen LogP contribution is 2.68. The Kier molecular flexibility index (Phi) is 9.97. The Balaban J connectivity index is 1.54. The lowest BCUT2D eigenvalue weighted by atomic mass is 9.43. The summed E-state index contributed by atoms with van der Waals surface area (Å²) in [6.45, 7) is 12.4. The van der Waals surface area contributed by atoms with E-state index in [0.29, 0.717) is 21.6 Å². The van der Waals surface area contributed by atoms with Gasteiger partial charge in [0.05, 0.1) is 0 Å². The summed E-state index contributed by atoms with van der Waals surface area (Å²) in [7, 11) is 0. The minimum absolute atomic E-state index is 0.00492. The maximum absolute atomic E-state index is 12.6. The van der Waals surface area contributed by atoms with Crippen LogP contribution in [0.2, 0.25) is 0 Å². The molecule has 212 valence electrons. The molecule has 4 aliphatic carbocycles. The lowest BCUT2D eigenvalue weighted by molar-refractivity contribution is -0.169. The van der Waals surface area contributed by atoms with E-state index in [1.54, 1.807) is 0 Å². The van der Waals surface area contributed by atoms with Crippen molar-refractivity contribution in [3.8, 4) is 0 Å². The van der Waals surface area contributed by atoms with Crippen LogP contribution < -0.4 is 0 Å². The molecule has 0 spiro atoms. The maximum Gasteiger partial charge on any atom is 0.367 e. The second-order valence-electron chi connectivity index (χ2n) is 13.8. The van der Waals surface area contributed by atoms with Crippen LogP contribution in [0.15, 0.2) is 0 Å². The quantitative estimate of drug-likeness (QED) is 0.225. The second-order valence-corrected chi connectivity index (χ2v) is 16.0. The largest absolute Gasteiger partial charge is 0.475 e. The predicted octanol–water partition coefficient (Wildman–Crippen LogP) is 9.62. The first-order chi connectivity index (χ1) is 17.5. The van der Waals surface area contributed by atoms with Gasteiger partial charge in [-0.05, 0) is 134 Å². The van der Waals surface area contributed by atoms with E-state index in [-0.39, 0.29) is 22.9 Å². The van der Waals surface area contributed by atoms with Crippen LogP contribution in [-0.2, 0) is 9.47 Å². The summed E-state index contributed by atoms with van der Waals surface area (Å²) in [6, 6.07) is 0. The summed E-state index contributed by atoms with van der Waals surface area (Å²) >= 11 is 8.14. The number of hydrogen-bond donors (Lipinski definition) is 0. The Morgan fingerprint density at radius 3 is 2.27 bits per heavy atom. The van der Waals surface area contributed by atoms with Crippen molar-refractivity contribution in [2.45, 2.75) is 117 Å². The van der Waals surface area contributed by atoms with E-state index >= 15 is 0 Å². The Morgan fingerprint density at radius 2 is 1.59 bits per heavy atom. The molecule has 37 heavy (non-hydrogen) atoms. The van der Waals surface area contributed by atoms with E-state index < -0.39 is 0 Å². The molecule has 0 radical (unpaired) electrons. The van der Waals surface area contributed by atoms with E-state index in [2.05, 4.69) is 34.6 Å². The van der Waals surface area contributed by atoms with Crippen molar-refractivity contribution in [2.24, 2.45) is 52.3 Å². The minimum Gasteiger partial charge on any atom is -0.475 e. The summed E-state index contributed by atoms with van der Waals surface area (Å²) in [4.78, 5) is 12.6. The molecule has 0 aliphatic heterocycles. The third-order valence-electron chi connectivity index (χ3n) is 11.7. The first-order valence-electron chi connectivity index (χ1n) is 15.0. The van der Waals surface area contributed by atoms with Crippen molar-refractivity contribution in [3.05, 3.63) is 0 Å². The van der Waals surface area contributed by atoms with E-state index in [9.17, 15) is 4.79 Å². The number of thioether (sulfide) groups is 2. The normalized spacial score (nSPS) is 41.9. The molecule has 10 atom stereocenters. The summed E-state index contributed by atoms with van der Waals surface area (Å²) < 4.78 is 13.1. The summed E-state index contributed by atoms with van der Waals surface area (Å²) in [5, 5.41) is -0.116. The van der Waals surface area contributed by atoms with Crippen molar-refractivity contribution < 1.29 is 14.3 Å². The molecule has 0 bridgehead atoms. The third-order valence-corrected chi connectivity index (χ3v) is 13.1. The molecule has 4 fully saturated rings. The number of rotatable bonds is 7. The molecule has 4 aliphatic rings. The second kappa shape index (κ2) is 12.3. The van der Waals surface area contributed by atoms with Crippen LogP contribution in [-0.4, -0.2) is 34.4 Å². The van der Waals surface area contributed by atoms with Crippen LogP contribution in [0.1, 0.15) is 105 Å². The van der Waals surface area contributed by atoms with Gasteiger partial charge in [-0.2, -0.15) is 0 Å². The summed E-state index contributed by atoms with van der Waals surface area (Å²) in [5.41, 5.74) is 0.663. The van der Waals surface area contributed by atoms with Crippen LogP contribution in [0.25, 0.3) is 0 Å². The van der Waals surface area contributed by atoms with Gasteiger partial charge >= 0.3 is 5.30 Å².